The smallest absolute Gasteiger partial charge is 0.408 e. The fourth-order valence-electron chi connectivity index (χ4n) is 4.06. The van der Waals surface area contributed by atoms with E-state index in [1.165, 1.54) is 18.9 Å². The predicted molar refractivity (Wildman–Crippen MR) is 153 cm³/mol. The number of hydrogen-bond donors (Lipinski definition) is 2. The van der Waals surface area contributed by atoms with Crippen LogP contribution in [0.25, 0.3) is 0 Å². The molecule has 0 bridgehead atoms. The first-order chi connectivity index (χ1) is 18.5. The molecule has 3 atom stereocenters. The quantitative estimate of drug-likeness (QED) is 0.443. The van der Waals surface area contributed by atoms with Gasteiger partial charge in [0.1, 0.15) is 29.3 Å². The van der Waals surface area contributed by atoms with Gasteiger partial charge >= 0.3 is 12.1 Å². The van der Waals surface area contributed by atoms with Gasteiger partial charge in [0.05, 0.1) is 0 Å². The van der Waals surface area contributed by atoms with Crippen molar-refractivity contribution in [3.8, 4) is 0 Å². The third-order valence-corrected chi connectivity index (χ3v) is 5.86. The molecule has 0 aliphatic carbocycles. The zero-order valence-corrected chi connectivity index (χ0v) is 25.0. The summed E-state index contributed by atoms with van der Waals surface area (Å²) in [5, 5.41) is 5.38. The molecule has 0 aliphatic rings. The Balaban J connectivity index is 2.39. The van der Waals surface area contributed by atoms with Crippen LogP contribution in [-0.4, -0.2) is 59.1 Å². The highest BCUT2D eigenvalue weighted by Gasteiger charge is 2.36. The van der Waals surface area contributed by atoms with Crippen molar-refractivity contribution in [2.45, 2.75) is 91.1 Å². The first-order valence-corrected chi connectivity index (χ1v) is 13.4. The van der Waals surface area contributed by atoms with E-state index in [1.807, 2.05) is 49.4 Å². The molecule has 0 heterocycles. The van der Waals surface area contributed by atoms with E-state index >= 15 is 0 Å². The van der Waals surface area contributed by atoms with E-state index in [0.717, 1.165) is 11.1 Å². The van der Waals surface area contributed by atoms with Gasteiger partial charge in [-0.1, -0.05) is 54.6 Å². The molecule has 3 amide bonds. The summed E-state index contributed by atoms with van der Waals surface area (Å²) in [5.41, 5.74) is 0.708. The Morgan fingerprint density at radius 1 is 0.825 bits per heavy atom. The molecular formula is C31H43N3O6. The van der Waals surface area contributed by atoms with Crippen molar-refractivity contribution in [1.82, 2.24) is 15.5 Å². The maximum atomic E-state index is 13.9. The maximum Gasteiger partial charge on any atom is 0.408 e. The van der Waals surface area contributed by atoms with Gasteiger partial charge in [0.25, 0.3) is 0 Å². The van der Waals surface area contributed by atoms with Crippen LogP contribution in [0, 0.1) is 6.92 Å². The second kappa shape index (κ2) is 13.5. The molecule has 0 saturated carbocycles. The molecule has 2 rings (SSSR count). The number of hydrogen-bond acceptors (Lipinski definition) is 6. The summed E-state index contributed by atoms with van der Waals surface area (Å²) in [6.07, 6.45) is -0.539. The van der Waals surface area contributed by atoms with E-state index in [-0.39, 0.29) is 6.42 Å². The summed E-state index contributed by atoms with van der Waals surface area (Å²) in [6, 6.07) is 13.4. The fourth-order valence-corrected chi connectivity index (χ4v) is 4.06. The molecule has 0 aromatic heterocycles. The molecule has 9 heteroatoms. The fraction of sp³-hybridized carbons (Fsp3) is 0.484. The van der Waals surface area contributed by atoms with Gasteiger partial charge in [0, 0.05) is 13.5 Å². The molecule has 9 nitrogen and oxygen atoms in total. The van der Waals surface area contributed by atoms with Crippen molar-refractivity contribution < 1.29 is 28.7 Å². The van der Waals surface area contributed by atoms with Crippen molar-refractivity contribution in [3.05, 3.63) is 71.3 Å². The lowest BCUT2D eigenvalue weighted by Gasteiger charge is -2.32. The largest absolute Gasteiger partial charge is 0.458 e. The van der Waals surface area contributed by atoms with Crippen LogP contribution in [0.4, 0.5) is 4.79 Å². The molecule has 40 heavy (non-hydrogen) atoms. The number of likely N-dealkylation sites (N-methyl/N-ethyl adjacent to an activating group) is 1. The van der Waals surface area contributed by atoms with Crippen LogP contribution in [0.15, 0.2) is 54.6 Å². The van der Waals surface area contributed by atoms with Crippen LogP contribution in [0.1, 0.15) is 71.2 Å². The average molecular weight is 554 g/mol. The zero-order chi connectivity index (χ0) is 30.3. The lowest BCUT2D eigenvalue weighted by atomic mass is 9.98. The molecule has 2 N–H and O–H groups in total. The van der Waals surface area contributed by atoms with Crippen molar-refractivity contribution in [2.75, 3.05) is 7.05 Å². The van der Waals surface area contributed by atoms with Crippen LogP contribution in [-0.2, 0) is 30.3 Å². The highest BCUT2D eigenvalue weighted by molar-refractivity contribution is 5.93. The second-order valence-corrected chi connectivity index (χ2v) is 11.9. The van der Waals surface area contributed by atoms with Crippen molar-refractivity contribution in [1.29, 1.82) is 0 Å². The number of nitrogens with one attached hydrogen (secondary N) is 2. The first-order valence-electron chi connectivity index (χ1n) is 13.4. The molecule has 0 radical (unpaired) electrons. The Morgan fingerprint density at radius 3 is 1.93 bits per heavy atom. The van der Waals surface area contributed by atoms with Gasteiger partial charge in [-0.15, -0.1) is 0 Å². The molecule has 218 valence electrons. The summed E-state index contributed by atoms with van der Waals surface area (Å²) in [7, 11) is 1.49. The van der Waals surface area contributed by atoms with Crippen LogP contribution < -0.4 is 10.6 Å². The molecule has 2 aromatic rings. The Morgan fingerprint density at radius 2 is 1.38 bits per heavy atom. The van der Waals surface area contributed by atoms with Gasteiger partial charge in [-0.3, -0.25) is 9.59 Å². The van der Waals surface area contributed by atoms with Crippen LogP contribution in [0.3, 0.4) is 0 Å². The summed E-state index contributed by atoms with van der Waals surface area (Å²) in [6.45, 7) is 13.8. The highest BCUT2D eigenvalue weighted by atomic mass is 16.6. The van der Waals surface area contributed by atoms with Crippen molar-refractivity contribution >= 4 is 23.9 Å². The number of benzene rings is 2. The van der Waals surface area contributed by atoms with Crippen LogP contribution in [0.2, 0.25) is 0 Å². The Labute approximate surface area is 237 Å². The Kier molecular flexibility index (Phi) is 10.9. The number of esters is 1. The predicted octanol–water partition coefficient (Wildman–Crippen LogP) is 4.48. The Bertz CT molecular complexity index is 1180. The minimum atomic E-state index is -1.09. The summed E-state index contributed by atoms with van der Waals surface area (Å²) in [5.74, 6) is -1.64. The lowest BCUT2D eigenvalue weighted by molar-refractivity contribution is -0.159. The summed E-state index contributed by atoms with van der Waals surface area (Å²) < 4.78 is 10.9. The lowest BCUT2D eigenvalue weighted by Crippen LogP contribution is -2.53. The first kappa shape index (κ1) is 32.3. The van der Waals surface area contributed by atoms with Crippen molar-refractivity contribution in [2.24, 2.45) is 0 Å². The minimum absolute atomic E-state index is 0.205. The number of amides is 3. The Hall–Kier alpha value is -3.88. The van der Waals surface area contributed by atoms with Gasteiger partial charge in [0.15, 0.2) is 0 Å². The molecule has 3 unspecified atom stereocenters. The minimum Gasteiger partial charge on any atom is -0.458 e. The van der Waals surface area contributed by atoms with Gasteiger partial charge in [-0.2, -0.15) is 0 Å². The zero-order valence-electron chi connectivity index (χ0n) is 25.0. The third-order valence-electron chi connectivity index (χ3n) is 5.86. The molecule has 0 aliphatic heterocycles. The van der Waals surface area contributed by atoms with E-state index in [1.54, 1.807) is 53.7 Å². The molecule has 2 aromatic carbocycles. The molecule has 0 fully saturated rings. The normalized spacial score (nSPS) is 13.8. The van der Waals surface area contributed by atoms with E-state index < -0.39 is 53.2 Å². The summed E-state index contributed by atoms with van der Waals surface area (Å²) >= 11 is 0. The number of rotatable bonds is 9. The maximum absolute atomic E-state index is 13.9. The van der Waals surface area contributed by atoms with E-state index in [2.05, 4.69) is 10.6 Å². The third kappa shape index (κ3) is 10.0. The van der Waals surface area contributed by atoms with E-state index in [4.69, 9.17) is 9.47 Å². The standard InChI is InChI=1S/C31H43N3O6/c1-20-15-13-14-18-23(20)25(34(9)27(36)21(2)32-29(38)40-31(6,7)8)26(35)33-24(28(37)39-30(3,4)5)19-22-16-11-10-12-17-22/h10-18,21,24-25H,19H2,1-9H3,(H,32,38)(H,33,35). The number of carbonyl (C=O) groups excluding carboxylic acids is 4. The van der Waals surface area contributed by atoms with Crippen molar-refractivity contribution in [3.63, 3.8) is 0 Å². The van der Waals surface area contributed by atoms with Crippen LogP contribution >= 0.6 is 0 Å². The van der Waals surface area contributed by atoms with Gasteiger partial charge in [-0.25, -0.2) is 9.59 Å². The number of ether oxygens (including phenoxy) is 2. The SMILES string of the molecule is Cc1ccccc1C(C(=O)NC(Cc1ccccc1)C(=O)OC(C)(C)C)N(C)C(=O)C(C)NC(=O)OC(C)(C)C. The van der Waals surface area contributed by atoms with Gasteiger partial charge in [0.2, 0.25) is 11.8 Å². The van der Waals surface area contributed by atoms with Gasteiger partial charge < -0.3 is 25.0 Å². The summed E-state index contributed by atoms with van der Waals surface area (Å²) in [4.78, 5) is 54.1. The number of aryl methyl sites for hydroxylation is 1. The number of alkyl carbamates (subject to hydrolysis) is 1. The second-order valence-electron chi connectivity index (χ2n) is 11.9. The molecule has 0 spiro atoms. The molecule has 0 saturated heterocycles. The number of nitrogens with zero attached hydrogens (tertiary/aromatic N) is 1. The van der Waals surface area contributed by atoms with E-state index in [0.29, 0.717) is 5.56 Å². The van der Waals surface area contributed by atoms with Crippen LogP contribution in [0.5, 0.6) is 0 Å². The highest BCUT2D eigenvalue weighted by Crippen LogP contribution is 2.25. The average Bonchev–Trinajstić information content (AvgIpc) is 2.82. The van der Waals surface area contributed by atoms with Gasteiger partial charge in [-0.05, 0) is 72.1 Å². The monoisotopic (exact) mass is 553 g/mol. The number of carbonyl (C=O) groups is 4. The molecular weight excluding hydrogens is 510 g/mol. The van der Waals surface area contributed by atoms with E-state index in [9.17, 15) is 19.2 Å². The topological polar surface area (TPSA) is 114 Å².